The SMILES string of the molecule is Cc1ccc2c(n1)C1(CCN(C(=O)OC(C)(C)C)CC1I)OC2=O. The second-order valence-electron chi connectivity index (χ2n) is 7.27. The first-order valence-corrected chi connectivity index (χ1v) is 9.20. The van der Waals surface area contributed by atoms with Crippen molar-refractivity contribution in [3.63, 3.8) is 0 Å². The van der Waals surface area contributed by atoms with Crippen molar-refractivity contribution in [3.8, 4) is 0 Å². The number of hydrogen-bond donors (Lipinski definition) is 0. The number of hydrogen-bond acceptors (Lipinski definition) is 5. The van der Waals surface area contributed by atoms with Gasteiger partial charge in [0.15, 0.2) is 5.60 Å². The van der Waals surface area contributed by atoms with Gasteiger partial charge in [0.1, 0.15) is 11.3 Å². The topological polar surface area (TPSA) is 68.7 Å². The fourth-order valence-corrected chi connectivity index (χ4v) is 4.29. The lowest BCUT2D eigenvalue weighted by molar-refractivity contribution is -0.0414. The summed E-state index contributed by atoms with van der Waals surface area (Å²) in [6, 6.07) is 3.59. The molecule has 2 aliphatic rings. The Balaban J connectivity index is 1.84. The zero-order chi connectivity index (χ0) is 17.7. The van der Waals surface area contributed by atoms with Crippen LogP contribution in [0.25, 0.3) is 0 Å². The predicted molar refractivity (Wildman–Crippen MR) is 96.3 cm³/mol. The van der Waals surface area contributed by atoms with E-state index in [1.54, 1.807) is 11.0 Å². The maximum atomic E-state index is 12.3. The number of rotatable bonds is 0. The van der Waals surface area contributed by atoms with E-state index in [1.807, 2.05) is 33.8 Å². The molecule has 6 nitrogen and oxygen atoms in total. The monoisotopic (exact) mass is 444 g/mol. The highest BCUT2D eigenvalue weighted by Gasteiger charge is 2.54. The normalized spacial score (nSPS) is 26.3. The minimum Gasteiger partial charge on any atom is -0.448 e. The fraction of sp³-hybridized carbons (Fsp3) is 0.588. The zero-order valence-corrected chi connectivity index (χ0v) is 16.4. The Morgan fingerprint density at radius 1 is 1.46 bits per heavy atom. The van der Waals surface area contributed by atoms with Gasteiger partial charge in [-0.2, -0.15) is 0 Å². The molecular formula is C17H21IN2O4. The maximum Gasteiger partial charge on any atom is 0.410 e. The molecule has 1 aromatic rings. The molecule has 0 saturated carbocycles. The van der Waals surface area contributed by atoms with Gasteiger partial charge in [0.05, 0.1) is 9.49 Å². The lowest BCUT2D eigenvalue weighted by Gasteiger charge is -2.42. The Hall–Kier alpha value is -1.38. The summed E-state index contributed by atoms with van der Waals surface area (Å²) >= 11 is 2.25. The van der Waals surface area contributed by atoms with E-state index in [-0.39, 0.29) is 16.0 Å². The molecular weight excluding hydrogens is 423 g/mol. The van der Waals surface area contributed by atoms with Gasteiger partial charge in [0.2, 0.25) is 0 Å². The summed E-state index contributed by atoms with van der Waals surface area (Å²) < 4.78 is 11.1. The van der Waals surface area contributed by atoms with Crippen LogP contribution < -0.4 is 0 Å². The molecule has 3 rings (SSSR count). The first kappa shape index (κ1) is 17.4. The number of amides is 1. The van der Waals surface area contributed by atoms with E-state index in [0.29, 0.717) is 30.8 Å². The van der Waals surface area contributed by atoms with Crippen LogP contribution in [0.15, 0.2) is 12.1 Å². The van der Waals surface area contributed by atoms with E-state index in [0.717, 1.165) is 5.69 Å². The van der Waals surface area contributed by atoms with Crippen molar-refractivity contribution in [1.29, 1.82) is 0 Å². The first-order chi connectivity index (χ1) is 11.1. The quantitative estimate of drug-likeness (QED) is 0.349. The van der Waals surface area contributed by atoms with Crippen LogP contribution in [0.2, 0.25) is 0 Å². The van der Waals surface area contributed by atoms with Crippen molar-refractivity contribution >= 4 is 34.7 Å². The summed E-state index contributed by atoms with van der Waals surface area (Å²) in [7, 11) is 0. The molecule has 0 aromatic carbocycles. The van der Waals surface area contributed by atoms with Crippen LogP contribution in [0.4, 0.5) is 4.79 Å². The summed E-state index contributed by atoms with van der Waals surface area (Å²) in [6.07, 6.45) is 0.190. The standard InChI is InChI=1S/C17H21IN2O4/c1-10-5-6-11-13(19-10)17(23-14(11)21)7-8-20(9-12(17)18)15(22)24-16(2,3)4/h5-6,12H,7-9H2,1-4H3. The molecule has 7 heteroatoms. The number of carbonyl (C=O) groups is 2. The zero-order valence-electron chi connectivity index (χ0n) is 14.3. The Kier molecular flexibility index (Phi) is 4.26. The number of pyridine rings is 1. The van der Waals surface area contributed by atoms with Gasteiger partial charge >= 0.3 is 12.1 Å². The lowest BCUT2D eigenvalue weighted by Crippen LogP contribution is -2.53. The summed E-state index contributed by atoms with van der Waals surface area (Å²) in [6.45, 7) is 8.36. The molecule has 24 heavy (non-hydrogen) atoms. The number of aryl methyl sites for hydroxylation is 1. The van der Waals surface area contributed by atoms with Gasteiger partial charge in [-0.25, -0.2) is 9.59 Å². The van der Waals surface area contributed by atoms with Gasteiger partial charge in [0, 0.05) is 25.2 Å². The van der Waals surface area contributed by atoms with Crippen molar-refractivity contribution < 1.29 is 19.1 Å². The third-order valence-corrected chi connectivity index (χ3v) is 5.62. The number of carbonyl (C=O) groups excluding carboxylic acids is 2. The number of fused-ring (bicyclic) bond motifs is 2. The van der Waals surface area contributed by atoms with Crippen molar-refractivity contribution in [3.05, 3.63) is 29.1 Å². The molecule has 1 fully saturated rings. The van der Waals surface area contributed by atoms with E-state index in [1.165, 1.54) is 0 Å². The van der Waals surface area contributed by atoms with Crippen LogP contribution >= 0.6 is 22.6 Å². The summed E-state index contributed by atoms with van der Waals surface area (Å²) in [5.41, 5.74) is 0.809. The number of nitrogens with zero attached hydrogens (tertiary/aromatic N) is 2. The molecule has 2 unspecified atom stereocenters. The van der Waals surface area contributed by atoms with Crippen LogP contribution in [-0.4, -0.2) is 44.6 Å². The molecule has 1 spiro atoms. The summed E-state index contributed by atoms with van der Waals surface area (Å²) in [5.74, 6) is -0.329. The van der Waals surface area contributed by atoms with Gasteiger partial charge in [-0.05, 0) is 39.8 Å². The summed E-state index contributed by atoms with van der Waals surface area (Å²) in [5, 5.41) is 0. The van der Waals surface area contributed by atoms with Crippen molar-refractivity contribution in [2.45, 2.75) is 49.2 Å². The number of piperidine rings is 1. The van der Waals surface area contributed by atoms with E-state index in [2.05, 4.69) is 27.6 Å². The van der Waals surface area contributed by atoms with Crippen molar-refractivity contribution in [2.75, 3.05) is 13.1 Å². The second kappa shape index (κ2) is 5.86. The smallest absolute Gasteiger partial charge is 0.410 e. The molecule has 0 aliphatic carbocycles. The molecule has 130 valence electrons. The molecule has 1 aromatic heterocycles. The van der Waals surface area contributed by atoms with Gasteiger partial charge in [-0.3, -0.25) is 4.98 Å². The molecule has 0 N–H and O–H groups in total. The first-order valence-electron chi connectivity index (χ1n) is 7.96. The number of esters is 1. The minimum atomic E-state index is -0.752. The number of alkyl halides is 1. The Morgan fingerprint density at radius 2 is 2.17 bits per heavy atom. The lowest BCUT2D eigenvalue weighted by atomic mass is 9.87. The van der Waals surface area contributed by atoms with Gasteiger partial charge in [-0.1, -0.05) is 22.6 Å². The Bertz CT molecular complexity index is 700. The number of aromatic nitrogens is 1. The number of ether oxygens (including phenoxy) is 2. The number of halogens is 1. The van der Waals surface area contributed by atoms with Crippen LogP contribution in [0.5, 0.6) is 0 Å². The van der Waals surface area contributed by atoms with Gasteiger partial charge in [-0.15, -0.1) is 0 Å². The van der Waals surface area contributed by atoms with Crippen LogP contribution in [0, 0.1) is 6.92 Å². The third-order valence-electron chi connectivity index (χ3n) is 4.22. The maximum absolute atomic E-state index is 12.3. The Morgan fingerprint density at radius 3 is 2.79 bits per heavy atom. The van der Waals surface area contributed by atoms with Crippen LogP contribution in [-0.2, 0) is 15.1 Å². The fourth-order valence-electron chi connectivity index (χ4n) is 3.08. The molecule has 3 heterocycles. The highest BCUT2D eigenvalue weighted by molar-refractivity contribution is 14.1. The van der Waals surface area contributed by atoms with Gasteiger partial charge < -0.3 is 14.4 Å². The highest BCUT2D eigenvalue weighted by Crippen LogP contribution is 2.46. The highest BCUT2D eigenvalue weighted by atomic mass is 127. The molecule has 0 bridgehead atoms. The summed E-state index contributed by atoms with van der Waals surface area (Å²) in [4.78, 5) is 30.8. The molecule has 1 saturated heterocycles. The molecule has 2 atom stereocenters. The largest absolute Gasteiger partial charge is 0.448 e. The third kappa shape index (κ3) is 2.98. The Labute approximate surface area is 155 Å². The molecule has 0 radical (unpaired) electrons. The van der Waals surface area contributed by atoms with Crippen LogP contribution in [0.1, 0.15) is 48.9 Å². The van der Waals surface area contributed by atoms with E-state index >= 15 is 0 Å². The minimum absolute atomic E-state index is 0.0872. The van der Waals surface area contributed by atoms with E-state index in [9.17, 15) is 9.59 Å². The van der Waals surface area contributed by atoms with Crippen LogP contribution in [0.3, 0.4) is 0 Å². The average Bonchev–Trinajstić information content (AvgIpc) is 2.73. The van der Waals surface area contributed by atoms with E-state index < -0.39 is 11.2 Å². The molecule has 2 aliphatic heterocycles. The van der Waals surface area contributed by atoms with Crippen molar-refractivity contribution in [2.24, 2.45) is 0 Å². The van der Waals surface area contributed by atoms with E-state index in [4.69, 9.17) is 9.47 Å². The van der Waals surface area contributed by atoms with Gasteiger partial charge in [0.25, 0.3) is 0 Å². The molecule has 1 amide bonds. The predicted octanol–water partition coefficient (Wildman–Crippen LogP) is 3.20. The second-order valence-corrected chi connectivity index (χ2v) is 8.78. The average molecular weight is 444 g/mol. The number of likely N-dealkylation sites (tertiary alicyclic amines) is 1. The van der Waals surface area contributed by atoms with Crippen molar-refractivity contribution in [1.82, 2.24) is 9.88 Å².